The molecule has 0 saturated heterocycles. The van der Waals surface area contributed by atoms with Gasteiger partial charge < -0.3 is 10.2 Å². The third-order valence-corrected chi connectivity index (χ3v) is 4.99. The molecule has 0 bridgehead atoms. The summed E-state index contributed by atoms with van der Waals surface area (Å²) < 4.78 is 0. The fourth-order valence-electron chi connectivity index (χ4n) is 3.57. The number of rotatable bonds is 7. The molecule has 118 valence electrons. The summed E-state index contributed by atoms with van der Waals surface area (Å²) in [7, 11) is 2.29. The third kappa shape index (κ3) is 4.27. The van der Waals surface area contributed by atoms with Crippen molar-refractivity contribution in [3.8, 4) is 0 Å². The predicted octanol–water partition coefficient (Wildman–Crippen LogP) is 3.11. The Labute approximate surface area is 130 Å². The zero-order valence-electron chi connectivity index (χ0n) is 14.1. The molecule has 0 aliphatic heterocycles. The van der Waals surface area contributed by atoms with E-state index in [-0.39, 0.29) is 0 Å². The van der Waals surface area contributed by atoms with Crippen LogP contribution in [0.15, 0.2) is 24.5 Å². The minimum atomic E-state index is 0.408. The monoisotopic (exact) mass is 289 g/mol. The van der Waals surface area contributed by atoms with E-state index < -0.39 is 0 Å². The van der Waals surface area contributed by atoms with Crippen LogP contribution in [-0.2, 0) is 6.42 Å². The molecule has 3 heteroatoms. The van der Waals surface area contributed by atoms with Crippen molar-refractivity contribution in [1.82, 2.24) is 15.2 Å². The number of hydrogen-bond acceptors (Lipinski definition) is 3. The van der Waals surface area contributed by atoms with Crippen molar-refractivity contribution < 1.29 is 0 Å². The molecule has 1 fully saturated rings. The van der Waals surface area contributed by atoms with Gasteiger partial charge in [0.15, 0.2) is 0 Å². The lowest BCUT2D eigenvalue weighted by Crippen LogP contribution is -2.51. The highest BCUT2D eigenvalue weighted by Crippen LogP contribution is 2.39. The number of likely N-dealkylation sites (N-methyl/N-ethyl adjacent to an activating group) is 1. The second-order valence-corrected chi connectivity index (χ2v) is 7.11. The van der Waals surface area contributed by atoms with E-state index in [1.807, 2.05) is 12.4 Å². The highest BCUT2D eigenvalue weighted by Gasteiger charge is 2.42. The second-order valence-electron chi connectivity index (χ2n) is 7.11. The molecular weight excluding hydrogens is 258 g/mol. The Morgan fingerprint density at radius 2 is 2.05 bits per heavy atom. The number of nitrogens with one attached hydrogen (secondary N) is 1. The van der Waals surface area contributed by atoms with Crippen LogP contribution < -0.4 is 5.32 Å². The number of hydrogen-bond donors (Lipinski definition) is 1. The van der Waals surface area contributed by atoms with Crippen LogP contribution in [0.3, 0.4) is 0 Å². The number of pyridine rings is 1. The van der Waals surface area contributed by atoms with Crippen molar-refractivity contribution in [3.63, 3.8) is 0 Å². The Hall–Kier alpha value is -0.930. The van der Waals surface area contributed by atoms with Crippen LogP contribution in [0.5, 0.6) is 0 Å². The molecule has 1 N–H and O–H groups in total. The van der Waals surface area contributed by atoms with E-state index in [1.54, 1.807) is 0 Å². The fourth-order valence-corrected chi connectivity index (χ4v) is 3.57. The van der Waals surface area contributed by atoms with Gasteiger partial charge in [0.05, 0.1) is 0 Å². The first-order valence-corrected chi connectivity index (χ1v) is 8.37. The van der Waals surface area contributed by atoms with Gasteiger partial charge in [-0.25, -0.2) is 0 Å². The standard InChI is InChI=1S/C18H31N3/c1-5-11-20-17-16(6-10-18(17,2)3)21(4)14-9-15-7-12-19-13-8-15/h7-8,12-13,16-17,20H,5-6,9-11,14H2,1-4H3. The Morgan fingerprint density at radius 3 is 2.71 bits per heavy atom. The van der Waals surface area contributed by atoms with E-state index in [0.29, 0.717) is 17.5 Å². The van der Waals surface area contributed by atoms with Gasteiger partial charge in [-0.1, -0.05) is 20.8 Å². The minimum absolute atomic E-state index is 0.408. The summed E-state index contributed by atoms with van der Waals surface area (Å²) in [5.41, 5.74) is 1.79. The molecule has 3 nitrogen and oxygen atoms in total. The predicted molar refractivity (Wildman–Crippen MR) is 89.5 cm³/mol. The van der Waals surface area contributed by atoms with E-state index in [4.69, 9.17) is 0 Å². The Bertz CT molecular complexity index is 416. The topological polar surface area (TPSA) is 28.2 Å². The minimum Gasteiger partial charge on any atom is -0.312 e. The molecule has 2 atom stereocenters. The second kappa shape index (κ2) is 7.37. The molecule has 1 aliphatic carbocycles. The zero-order chi connectivity index (χ0) is 15.3. The van der Waals surface area contributed by atoms with Gasteiger partial charge in [-0.3, -0.25) is 4.98 Å². The molecule has 1 heterocycles. The first-order chi connectivity index (χ1) is 10.0. The van der Waals surface area contributed by atoms with Crippen LogP contribution in [-0.4, -0.2) is 42.1 Å². The van der Waals surface area contributed by atoms with Gasteiger partial charge in [-0.2, -0.15) is 0 Å². The van der Waals surface area contributed by atoms with Crippen molar-refractivity contribution >= 4 is 0 Å². The molecule has 1 aromatic heterocycles. The Kier molecular flexibility index (Phi) is 5.77. The number of aromatic nitrogens is 1. The van der Waals surface area contributed by atoms with E-state index >= 15 is 0 Å². The lowest BCUT2D eigenvalue weighted by molar-refractivity contribution is 0.172. The summed E-state index contributed by atoms with van der Waals surface area (Å²) >= 11 is 0. The normalized spacial score (nSPS) is 24.6. The smallest absolute Gasteiger partial charge is 0.0274 e. The molecular formula is C18H31N3. The molecule has 2 unspecified atom stereocenters. The maximum atomic E-state index is 4.09. The average Bonchev–Trinajstić information content (AvgIpc) is 2.78. The first-order valence-electron chi connectivity index (χ1n) is 8.37. The van der Waals surface area contributed by atoms with E-state index in [0.717, 1.165) is 19.5 Å². The van der Waals surface area contributed by atoms with Crippen molar-refractivity contribution in [2.24, 2.45) is 5.41 Å². The Morgan fingerprint density at radius 1 is 1.33 bits per heavy atom. The summed E-state index contributed by atoms with van der Waals surface area (Å²) in [6, 6.07) is 5.52. The molecule has 1 aliphatic rings. The van der Waals surface area contributed by atoms with Crippen LogP contribution in [0.4, 0.5) is 0 Å². The lowest BCUT2D eigenvalue weighted by Gasteiger charge is -2.36. The molecule has 0 aromatic carbocycles. The average molecular weight is 289 g/mol. The van der Waals surface area contributed by atoms with Crippen LogP contribution in [0.1, 0.15) is 45.6 Å². The lowest BCUT2D eigenvalue weighted by atomic mass is 9.86. The first kappa shape index (κ1) is 16.4. The van der Waals surface area contributed by atoms with Crippen molar-refractivity contribution in [3.05, 3.63) is 30.1 Å². The van der Waals surface area contributed by atoms with E-state index in [2.05, 4.69) is 55.2 Å². The molecule has 0 amide bonds. The highest BCUT2D eigenvalue weighted by atomic mass is 15.2. The van der Waals surface area contributed by atoms with Gasteiger partial charge in [0.1, 0.15) is 0 Å². The largest absolute Gasteiger partial charge is 0.312 e. The van der Waals surface area contributed by atoms with Gasteiger partial charge in [-0.05, 0) is 62.4 Å². The van der Waals surface area contributed by atoms with Gasteiger partial charge in [-0.15, -0.1) is 0 Å². The van der Waals surface area contributed by atoms with E-state index in [9.17, 15) is 0 Å². The molecule has 0 radical (unpaired) electrons. The zero-order valence-corrected chi connectivity index (χ0v) is 14.1. The maximum Gasteiger partial charge on any atom is 0.0274 e. The summed E-state index contributed by atoms with van der Waals surface area (Å²) in [5, 5.41) is 3.80. The molecule has 2 rings (SSSR count). The summed E-state index contributed by atoms with van der Waals surface area (Å²) in [6.07, 6.45) is 8.72. The quantitative estimate of drug-likeness (QED) is 0.836. The molecule has 21 heavy (non-hydrogen) atoms. The highest BCUT2D eigenvalue weighted by molar-refractivity contribution is 5.10. The summed E-state index contributed by atoms with van der Waals surface area (Å²) in [4.78, 5) is 6.65. The van der Waals surface area contributed by atoms with Crippen LogP contribution in [0.2, 0.25) is 0 Å². The van der Waals surface area contributed by atoms with E-state index in [1.165, 1.54) is 24.8 Å². The van der Waals surface area contributed by atoms with Crippen molar-refractivity contribution in [2.45, 2.75) is 58.5 Å². The fraction of sp³-hybridized carbons (Fsp3) is 0.722. The van der Waals surface area contributed by atoms with Crippen molar-refractivity contribution in [1.29, 1.82) is 0 Å². The van der Waals surface area contributed by atoms with Gasteiger partial charge in [0.2, 0.25) is 0 Å². The van der Waals surface area contributed by atoms with Crippen LogP contribution in [0, 0.1) is 5.41 Å². The van der Waals surface area contributed by atoms with Gasteiger partial charge in [0, 0.05) is 31.0 Å². The summed E-state index contributed by atoms with van der Waals surface area (Å²) in [5.74, 6) is 0. The molecule has 1 aromatic rings. The Balaban J connectivity index is 1.92. The molecule has 1 saturated carbocycles. The molecule has 0 spiro atoms. The van der Waals surface area contributed by atoms with Gasteiger partial charge in [0.25, 0.3) is 0 Å². The maximum absolute atomic E-state index is 4.09. The SMILES string of the molecule is CCCNC1C(N(C)CCc2ccncc2)CCC1(C)C. The van der Waals surface area contributed by atoms with Crippen molar-refractivity contribution in [2.75, 3.05) is 20.1 Å². The summed E-state index contributed by atoms with van der Waals surface area (Å²) in [6.45, 7) is 9.32. The van der Waals surface area contributed by atoms with Crippen LogP contribution >= 0.6 is 0 Å². The van der Waals surface area contributed by atoms with Crippen LogP contribution in [0.25, 0.3) is 0 Å². The van der Waals surface area contributed by atoms with Gasteiger partial charge >= 0.3 is 0 Å². The third-order valence-electron chi connectivity index (χ3n) is 4.99. The number of nitrogens with zero attached hydrogens (tertiary/aromatic N) is 2.